The first kappa shape index (κ1) is 21.2. The van der Waals surface area contributed by atoms with Crippen LogP contribution >= 0.6 is 11.6 Å². The fourth-order valence-electron chi connectivity index (χ4n) is 2.82. The second-order valence-corrected chi connectivity index (χ2v) is 7.21. The smallest absolute Gasteiger partial charge is 0.416 e. The van der Waals surface area contributed by atoms with Gasteiger partial charge in [0.1, 0.15) is 0 Å². The van der Waals surface area contributed by atoms with E-state index in [1.807, 2.05) is 19.0 Å². The van der Waals surface area contributed by atoms with E-state index in [4.69, 9.17) is 16.0 Å². The molecule has 0 atom stereocenters. The van der Waals surface area contributed by atoms with Crippen LogP contribution < -0.4 is 0 Å². The molecule has 1 aromatic carbocycles. The SMILES string of the molecule is CN(C)CCCN=C1CC(=O)c2nc(-c3cc(C(F)(F)F)ccc3Cl)oc2C1=O. The molecular weight excluding hydrogens is 411 g/mol. The van der Waals surface area contributed by atoms with E-state index in [-0.39, 0.29) is 40.1 Å². The van der Waals surface area contributed by atoms with Crippen LogP contribution in [0.4, 0.5) is 13.2 Å². The summed E-state index contributed by atoms with van der Waals surface area (Å²) in [4.78, 5) is 35.1. The van der Waals surface area contributed by atoms with Crippen LogP contribution in [0.2, 0.25) is 5.02 Å². The normalized spacial score (nSPS) is 16.0. The maximum absolute atomic E-state index is 13.0. The Labute approximate surface area is 169 Å². The Hall–Kier alpha value is -2.52. The van der Waals surface area contributed by atoms with Gasteiger partial charge in [0.15, 0.2) is 11.5 Å². The monoisotopic (exact) mass is 427 g/mol. The van der Waals surface area contributed by atoms with Gasteiger partial charge in [-0.05, 0) is 45.3 Å². The molecule has 154 valence electrons. The largest absolute Gasteiger partial charge is 0.432 e. The van der Waals surface area contributed by atoms with Crippen molar-refractivity contribution in [3.8, 4) is 11.5 Å². The number of nitrogens with zero attached hydrogens (tertiary/aromatic N) is 3. The molecule has 1 aliphatic rings. The van der Waals surface area contributed by atoms with Crippen LogP contribution in [0.5, 0.6) is 0 Å². The third kappa shape index (κ3) is 4.56. The lowest BCUT2D eigenvalue weighted by Crippen LogP contribution is -2.27. The van der Waals surface area contributed by atoms with E-state index in [1.54, 1.807) is 0 Å². The minimum atomic E-state index is -4.59. The Balaban J connectivity index is 1.93. The number of halogens is 4. The molecular formula is C19H17ClF3N3O3. The number of hydrogen-bond donors (Lipinski definition) is 0. The van der Waals surface area contributed by atoms with Crippen molar-refractivity contribution in [1.82, 2.24) is 9.88 Å². The number of benzene rings is 1. The maximum atomic E-state index is 13.0. The molecule has 29 heavy (non-hydrogen) atoms. The van der Waals surface area contributed by atoms with Crippen molar-refractivity contribution in [2.75, 3.05) is 27.2 Å². The quantitative estimate of drug-likeness (QED) is 0.669. The summed E-state index contributed by atoms with van der Waals surface area (Å²) >= 11 is 5.99. The van der Waals surface area contributed by atoms with Crippen molar-refractivity contribution in [3.05, 3.63) is 40.2 Å². The molecule has 1 aromatic heterocycles. The van der Waals surface area contributed by atoms with E-state index < -0.39 is 23.3 Å². The molecule has 6 nitrogen and oxygen atoms in total. The maximum Gasteiger partial charge on any atom is 0.416 e. The molecule has 2 aromatic rings. The van der Waals surface area contributed by atoms with Gasteiger partial charge in [-0.3, -0.25) is 14.6 Å². The third-order valence-electron chi connectivity index (χ3n) is 4.28. The molecule has 0 N–H and O–H groups in total. The van der Waals surface area contributed by atoms with Crippen molar-refractivity contribution in [3.63, 3.8) is 0 Å². The molecule has 0 saturated carbocycles. The summed E-state index contributed by atoms with van der Waals surface area (Å²) in [7, 11) is 3.81. The first-order valence-corrected chi connectivity index (χ1v) is 9.09. The number of carbonyl (C=O) groups excluding carboxylic acids is 2. The number of aromatic nitrogens is 1. The Morgan fingerprint density at radius 3 is 2.66 bits per heavy atom. The fourth-order valence-corrected chi connectivity index (χ4v) is 3.02. The molecule has 3 rings (SSSR count). The molecule has 0 unspecified atom stereocenters. The van der Waals surface area contributed by atoms with Gasteiger partial charge < -0.3 is 9.32 Å². The summed E-state index contributed by atoms with van der Waals surface area (Å²) < 4.78 is 44.4. The zero-order valence-electron chi connectivity index (χ0n) is 15.6. The second kappa shape index (κ2) is 8.08. The molecule has 10 heteroatoms. The number of carbonyl (C=O) groups is 2. The van der Waals surface area contributed by atoms with Gasteiger partial charge in [0, 0.05) is 6.54 Å². The zero-order valence-corrected chi connectivity index (χ0v) is 16.4. The minimum Gasteiger partial charge on any atom is -0.432 e. The predicted octanol–water partition coefficient (Wildman–Crippen LogP) is 4.18. The molecule has 0 saturated heterocycles. The Kier molecular flexibility index (Phi) is 5.90. The number of rotatable bonds is 5. The van der Waals surface area contributed by atoms with Gasteiger partial charge in [0.25, 0.3) is 0 Å². The average molecular weight is 428 g/mol. The first-order chi connectivity index (χ1) is 13.6. The van der Waals surface area contributed by atoms with Gasteiger partial charge in [-0.15, -0.1) is 0 Å². The lowest BCUT2D eigenvalue weighted by molar-refractivity contribution is -0.137. The molecule has 0 amide bonds. The number of alkyl halides is 3. The molecule has 1 aliphatic carbocycles. The Morgan fingerprint density at radius 1 is 1.28 bits per heavy atom. The van der Waals surface area contributed by atoms with Gasteiger partial charge in [-0.1, -0.05) is 11.6 Å². The number of aliphatic imine (C=N–C) groups is 1. The minimum absolute atomic E-state index is 0.0472. The summed E-state index contributed by atoms with van der Waals surface area (Å²) in [5, 5.41) is -0.0472. The van der Waals surface area contributed by atoms with Gasteiger partial charge in [-0.2, -0.15) is 13.2 Å². The summed E-state index contributed by atoms with van der Waals surface area (Å²) in [6.45, 7) is 1.13. The lowest BCUT2D eigenvalue weighted by atomic mass is 9.97. The van der Waals surface area contributed by atoms with Crippen LogP contribution in [-0.2, 0) is 6.18 Å². The number of Topliss-reactive ketones (excluding diaryl/α,β-unsaturated/α-hetero) is 2. The van der Waals surface area contributed by atoms with Crippen LogP contribution in [0.15, 0.2) is 27.6 Å². The van der Waals surface area contributed by atoms with Gasteiger partial charge in [0.2, 0.25) is 17.4 Å². The molecule has 1 heterocycles. The number of hydrogen-bond acceptors (Lipinski definition) is 6. The lowest BCUT2D eigenvalue weighted by Gasteiger charge is -2.10. The molecule has 0 bridgehead atoms. The number of oxazole rings is 1. The van der Waals surface area contributed by atoms with E-state index >= 15 is 0 Å². The predicted molar refractivity (Wildman–Crippen MR) is 101 cm³/mol. The molecule has 0 aliphatic heterocycles. The van der Waals surface area contributed by atoms with Crippen LogP contribution in [0.3, 0.4) is 0 Å². The highest BCUT2D eigenvalue weighted by Gasteiger charge is 2.36. The molecule has 0 fully saturated rings. The Bertz CT molecular complexity index is 996. The highest BCUT2D eigenvalue weighted by molar-refractivity contribution is 6.51. The zero-order chi connectivity index (χ0) is 21.3. The highest BCUT2D eigenvalue weighted by atomic mass is 35.5. The summed E-state index contributed by atoms with van der Waals surface area (Å²) in [6.07, 6.45) is -4.12. The van der Waals surface area contributed by atoms with Crippen LogP contribution in [0.25, 0.3) is 11.5 Å². The van der Waals surface area contributed by atoms with Crippen molar-refractivity contribution < 1.29 is 27.2 Å². The second-order valence-electron chi connectivity index (χ2n) is 6.80. The van der Waals surface area contributed by atoms with Crippen molar-refractivity contribution >= 4 is 28.9 Å². The summed E-state index contributed by atoms with van der Waals surface area (Å²) in [6, 6.07) is 2.65. The Morgan fingerprint density at radius 2 is 2.00 bits per heavy atom. The van der Waals surface area contributed by atoms with E-state index in [1.165, 1.54) is 0 Å². The van der Waals surface area contributed by atoms with Crippen molar-refractivity contribution in [1.29, 1.82) is 0 Å². The van der Waals surface area contributed by atoms with Gasteiger partial charge >= 0.3 is 6.18 Å². The van der Waals surface area contributed by atoms with Gasteiger partial charge in [0.05, 0.1) is 28.3 Å². The topological polar surface area (TPSA) is 75.8 Å². The first-order valence-electron chi connectivity index (χ1n) is 8.72. The summed E-state index contributed by atoms with van der Waals surface area (Å²) in [5.41, 5.74) is -1.26. The molecule has 0 spiro atoms. The standard InChI is InChI=1S/C19H17ClF3N3O3/c1-26(2)7-3-6-24-13-9-14(27)15-17(16(13)28)29-18(25-15)11-8-10(19(21,22)23)4-5-12(11)20/h4-5,8H,3,6-7,9H2,1-2H3. The van der Waals surface area contributed by atoms with E-state index in [0.717, 1.165) is 24.7 Å². The van der Waals surface area contributed by atoms with E-state index in [9.17, 15) is 22.8 Å². The van der Waals surface area contributed by atoms with Gasteiger partial charge in [-0.25, -0.2) is 4.98 Å². The third-order valence-corrected chi connectivity index (χ3v) is 4.61. The van der Waals surface area contributed by atoms with Crippen molar-refractivity contribution in [2.45, 2.75) is 19.0 Å². The van der Waals surface area contributed by atoms with Crippen LogP contribution in [-0.4, -0.2) is 54.3 Å². The average Bonchev–Trinajstić information content (AvgIpc) is 3.08. The van der Waals surface area contributed by atoms with E-state index in [2.05, 4.69) is 9.98 Å². The summed E-state index contributed by atoms with van der Waals surface area (Å²) in [5.74, 6) is -1.71. The van der Waals surface area contributed by atoms with Crippen molar-refractivity contribution in [2.24, 2.45) is 4.99 Å². The molecule has 0 radical (unpaired) electrons. The van der Waals surface area contributed by atoms with Crippen LogP contribution in [0, 0.1) is 0 Å². The van der Waals surface area contributed by atoms with E-state index in [0.29, 0.717) is 13.0 Å². The van der Waals surface area contributed by atoms with Crippen LogP contribution in [0.1, 0.15) is 39.4 Å². The highest BCUT2D eigenvalue weighted by Crippen LogP contribution is 2.37. The fraction of sp³-hybridized carbons (Fsp3) is 0.368. The number of fused-ring (bicyclic) bond motifs is 1. The number of ketones is 2.